The lowest BCUT2D eigenvalue weighted by Gasteiger charge is -2.13. The van der Waals surface area contributed by atoms with Crippen molar-refractivity contribution in [2.75, 3.05) is 0 Å². The Balaban J connectivity index is 2.12. The van der Waals surface area contributed by atoms with Gasteiger partial charge in [-0.15, -0.1) is 0 Å². The minimum atomic E-state index is -0.760. The number of halogens is 1. The van der Waals surface area contributed by atoms with Gasteiger partial charge in [0.15, 0.2) is 0 Å². The van der Waals surface area contributed by atoms with Crippen molar-refractivity contribution in [3.05, 3.63) is 76.9 Å². The third-order valence-corrected chi connectivity index (χ3v) is 4.13. The second-order valence-electron chi connectivity index (χ2n) is 5.29. The van der Waals surface area contributed by atoms with Crippen molar-refractivity contribution < 1.29 is 14.3 Å². The number of carbonyl (C=O) groups excluding carboxylic acids is 2. The van der Waals surface area contributed by atoms with Gasteiger partial charge in [-0.1, -0.05) is 72.3 Å². The van der Waals surface area contributed by atoms with Crippen LogP contribution < -0.4 is 0 Å². The van der Waals surface area contributed by atoms with E-state index in [1.54, 1.807) is 0 Å². The van der Waals surface area contributed by atoms with Crippen LogP contribution in [0.3, 0.4) is 0 Å². The molecule has 1 aliphatic heterocycles. The van der Waals surface area contributed by atoms with E-state index in [1.165, 1.54) is 0 Å². The summed E-state index contributed by atoms with van der Waals surface area (Å²) in [6.07, 6.45) is 0. The number of aromatic nitrogens is 1. The van der Waals surface area contributed by atoms with Gasteiger partial charge in [-0.05, 0) is 5.56 Å². The van der Waals surface area contributed by atoms with Crippen LogP contribution >= 0.6 is 11.6 Å². The Morgan fingerprint density at radius 3 is 1.88 bits per heavy atom. The van der Waals surface area contributed by atoms with Gasteiger partial charge >= 0.3 is 11.9 Å². The molecular formula is C19H10ClNO3. The Hall–Kier alpha value is -2.98. The fourth-order valence-electron chi connectivity index (χ4n) is 2.82. The standard InChI is InChI=1S/C19H10ClNO3/c20-17-15-14(18(22)24-19(15)23)13(11-7-3-1-4-8-11)16(21-17)12-9-5-2-6-10-12/h1-10H. The zero-order valence-corrected chi connectivity index (χ0v) is 13.1. The highest BCUT2D eigenvalue weighted by molar-refractivity contribution is 6.35. The molecule has 1 aliphatic rings. The van der Waals surface area contributed by atoms with Crippen molar-refractivity contribution >= 4 is 23.5 Å². The normalized spacial score (nSPS) is 12.9. The molecule has 116 valence electrons. The van der Waals surface area contributed by atoms with E-state index in [9.17, 15) is 9.59 Å². The molecular weight excluding hydrogens is 326 g/mol. The van der Waals surface area contributed by atoms with E-state index in [1.807, 2.05) is 60.7 Å². The summed E-state index contributed by atoms with van der Waals surface area (Å²) >= 11 is 6.18. The van der Waals surface area contributed by atoms with E-state index >= 15 is 0 Å². The number of carbonyl (C=O) groups is 2. The Morgan fingerprint density at radius 1 is 0.708 bits per heavy atom. The number of rotatable bonds is 2. The van der Waals surface area contributed by atoms with Gasteiger partial charge in [0.05, 0.1) is 11.3 Å². The second-order valence-corrected chi connectivity index (χ2v) is 5.64. The predicted molar refractivity (Wildman–Crippen MR) is 89.9 cm³/mol. The maximum Gasteiger partial charge on any atom is 0.350 e. The third kappa shape index (κ3) is 2.20. The Bertz CT molecular complexity index is 969. The summed E-state index contributed by atoms with van der Waals surface area (Å²) in [5, 5.41) is -0.0283. The maximum atomic E-state index is 12.3. The van der Waals surface area contributed by atoms with Crippen LogP contribution in [-0.2, 0) is 4.74 Å². The first-order valence-electron chi connectivity index (χ1n) is 7.27. The minimum Gasteiger partial charge on any atom is -0.386 e. The predicted octanol–water partition coefficient (Wildman–Crippen LogP) is 4.38. The molecule has 4 rings (SSSR count). The summed E-state index contributed by atoms with van der Waals surface area (Å²) in [6, 6.07) is 18.7. The van der Waals surface area contributed by atoms with Gasteiger partial charge in [0.2, 0.25) is 0 Å². The molecule has 0 saturated carbocycles. The lowest BCUT2D eigenvalue weighted by Crippen LogP contribution is -2.02. The van der Waals surface area contributed by atoms with E-state index in [0.29, 0.717) is 11.3 Å². The molecule has 0 spiro atoms. The van der Waals surface area contributed by atoms with Gasteiger partial charge in [0.1, 0.15) is 10.7 Å². The first kappa shape index (κ1) is 14.6. The van der Waals surface area contributed by atoms with Gasteiger partial charge in [-0.25, -0.2) is 14.6 Å². The zero-order chi connectivity index (χ0) is 16.7. The van der Waals surface area contributed by atoms with Crippen molar-refractivity contribution in [3.63, 3.8) is 0 Å². The van der Waals surface area contributed by atoms with Gasteiger partial charge in [0.25, 0.3) is 0 Å². The zero-order valence-electron chi connectivity index (χ0n) is 12.3. The van der Waals surface area contributed by atoms with Crippen molar-refractivity contribution in [1.82, 2.24) is 4.98 Å². The largest absolute Gasteiger partial charge is 0.386 e. The van der Waals surface area contributed by atoms with E-state index < -0.39 is 11.9 Å². The first-order chi connectivity index (χ1) is 11.7. The summed E-state index contributed by atoms with van der Waals surface area (Å²) in [5.41, 5.74) is 2.86. The number of cyclic esters (lactones) is 2. The molecule has 3 aromatic rings. The van der Waals surface area contributed by atoms with Crippen LogP contribution in [-0.4, -0.2) is 16.9 Å². The van der Waals surface area contributed by atoms with E-state index in [4.69, 9.17) is 16.3 Å². The van der Waals surface area contributed by atoms with Crippen LogP contribution in [0.25, 0.3) is 22.4 Å². The molecule has 0 N–H and O–H groups in total. The highest BCUT2D eigenvalue weighted by Crippen LogP contribution is 2.40. The fourth-order valence-corrected chi connectivity index (χ4v) is 3.08. The Morgan fingerprint density at radius 2 is 1.25 bits per heavy atom. The molecule has 1 aromatic heterocycles. The second kappa shape index (κ2) is 5.58. The number of hydrogen-bond donors (Lipinski definition) is 0. The molecule has 0 amide bonds. The number of benzene rings is 2. The summed E-state index contributed by atoms with van der Waals surface area (Å²) in [6.45, 7) is 0. The number of hydrogen-bond acceptors (Lipinski definition) is 4. The highest BCUT2D eigenvalue weighted by Gasteiger charge is 2.37. The number of fused-ring (bicyclic) bond motifs is 1. The van der Waals surface area contributed by atoms with Gasteiger partial charge in [-0.3, -0.25) is 0 Å². The highest BCUT2D eigenvalue weighted by atomic mass is 35.5. The molecule has 24 heavy (non-hydrogen) atoms. The molecule has 2 aromatic carbocycles. The summed E-state index contributed by atoms with van der Waals surface area (Å²) in [7, 11) is 0. The topological polar surface area (TPSA) is 56.3 Å². The average molecular weight is 336 g/mol. The fraction of sp³-hybridized carbons (Fsp3) is 0. The van der Waals surface area contributed by atoms with Crippen molar-refractivity contribution in [2.24, 2.45) is 0 Å². The van der Waals surface area contributed by atoms with Gasteiger partial charge in [0, 0.05) is 11.1 Å². The third-order valence-electron chi connectivity index (χ3n) is 3.86. The van der Waals surface area contributed by atoms with Crippen LogP contribution in [0.2, 0.25) is 5.15 Å². The number of pyridine rings is 1. The quantitative estimate of drug-likeness (QED) is 0.396. The van der Waals surface area contributed by atoms with Crippen LogP contribution in [0.1, 0.15) is 20.7 Å². The Labute approximate surface area is 142 Å². The molecule has 2 heterocycles. The van der Waals surface area contributed by atoms with Crippen LogP contribution in [0.5, 0.6) is 0 Å². The van der Waals surface area contributed by atoms with Crippen LogP contribution in [0.4, 0.5) is 0 Å². The molecule has 0 fully saturated rings. The van der Waals surface area contributed by atoms with Crippen molar-refractivity contribution in [1.29, 1.82) is 0 Å². The van der Waals surface area contributed by atoms with Crippen molar-refractivity contribution in [2.45, 2.75) is 0 Å². The molecule has 0 aliphatic carbocycles. The molecule has 0 radical (unpaired) electrons. The monoisotopic (exact) mass is 335 g/mol. The summed E-state index contributed by atoms with van der Waals surface area (Å²) in [4.78, 5) is 28.6. The minimum absolute atomic E-state index is 0.0280. The lowest BCUT2D eigenvalue weighted by molar-refractivity contribution is 0.0444. The van der Waals surface area contributed by atoms with E-state index in [0.717, 1.165) is 11.1 Å². The van der Waals surface area contributed by atoms with Crippen molar-refractivity contribution in [3.8, 4) is 22.4 Å². The van der Waals surface area contributed by atoms with Crippen LogP contribution in [0.15, 0.2) is 60.7 Å². The van der Waals surface area contributed by atoms with E-state index in [-0.39, 0.29) is 16.3 Å². The first-order valence-corrected chi connectivity index (χ1v) is 7.65. The molecule has 0 unspecified atom stereocenters. The number of ether oxygens (including phenoxy) is 1. The molecule has 4 nitrogen and oxygen atoms in total. The average Bonchev–Trinajstić information content (AvgIpc) is 2.91. The molecule has 5 heteroatoms. The van der Waals surface area contributed by atoms with Gasteiger partial charge < -0.3 is 4.74 Å². The summed E-state index contributed by atoms with van der Waals surface area (Å²) < 4.78 is 4.76. The van der Waals surface area contributed by atoms with Crippen LogP contribution in [0, 0.1) is 0 Å². The lowest BCUT2D eigenvalue weighted by atomic mass is 9.93. The summed E-state index contributed by atoms with van der Waals surface area (Å²) in [5.74, 6) is -1.46. The smallest absolute Gasteiger partial charge is 0.350 e. The number of nitrogens with zero attached hydrogens (tertiary/aromatic N) is 1. The molecule has 0 bridgehead atoms. The SMILES string of the molecule is O=C1OC(=O)c2c1c(Cl)nc(-c1ccccc1)c2-c1ccccc1. The number of esters is 2. The Kier molecular flexibility index (Phi) is 3.40. The maximum absolute atomic E-state index is 12.3. The molecule has 0 atom stereocenters. The van der Waals surface area contributed by atoms with E-state index in [2.05, 4.69) is 4.98 Å². The molecule has 0 saturated heterocycles. The van der Waals surface area contributed by atoms with Gasteiger partial charge in [-0.2, -0.15) is 0 Å².